The Kier molecular flexibility index (Phi) is 3.47. The number of hydrogen-bond donors (Lipinski definition) is 1. The van der Waals surface area contributed by atoms with E-state index >= 15 is 0 Å². The second-order valence-corrected chi connectivity index (χ2v) is 5.73. The number of alkyl halides is 3. The summed E-state index contributed by atoms with van der Waals surface area (Å²) in [7, 11) is 0. The summed E-state index contributed by atoms with van der Waals surface area (Å²) in [5.74, 6) is 0. The molecule has 0 aliphatic carbocycles. The first-order chi connectivity index (χ1) is 15.0. The Morgan fingerprint density at radius 2 is 1.77 bits per heavy atom. The van der Waals surface area contributed by atoms with Crippen molar-refractivity contribution in [3.63, 3.8) is 0 Å². The van der Waals surface area contributed by atoms with Crippen LogP contribution < -0.4 is 5.32 Å². The number of aryl methyl sites for hydroxylation is 1. The smallest absolute Gasteiger partial charge is 0.310 e. The van der Waals surface area contributed by atoms with Crippen LogP contribution in [0.5, 0.6) is 0 Å². The lowest BCUT2D eigenvalue weighted by molar-refractivity contribution is -0.137. The quantitative estimate of drug-likeness (QED) is 0.554. The summed E-state index contributed by atoms with van der Waals surface area (Å²) < 4.78 is 97.7. The van der Waals surface area contributed by atoms with Crippen molar-refractivity contribution in [2.75, 3.05) is 6.50 Å². The van der Waals surface area contributed by atoms with E-state index < -0.39 is 42.6 Å². The van der Waals surface area contributed by atoms with Crippen LogP contribution in [-0.4, -0.2) is 6.50 Å². The average molecular weight is 364 g/mol. The van der Waals surface area contributed by atoms with Crippen molar-refractivity contribution in [3.8, 4) is 0 Å². The molecule has 0 unspecified atom stereocenters. The van der Waals surface area contributed by atoms with Gasteiger partial charge in [0.05, 0.1) is 6.93 Å². The molecule has 0 amide bonds. The zero-order chi connectivity index (χ0) is 24.9. The monoisotopic (exact) mass is 364 g/mol. The third kappa shape index (κ3) is 4.44. The van der Waals surface area contributed by atoms with Crippen molar-refractivity contribution in [1.29, 1.82) is 0 Å². The van der Waals surface area contributed by atoms with Crippen molar-refractivity contribution < 1.29 is 22.8 Å². The first-order valence-corrected chi connectivity index (χ1v) is 7.96. The zero-order valence-corrected chi connectivity index (χ0v) is 14.0. The van der Waals surface area contributed by atoms with E-state index in [0.29, 0.717) is 17.0 Å². The number of hydrogen-bond acceptors (Lipinski definition) is 1. The van der Waals surface area contributed by atoms with E-state index in [1.165, 1.54) is 6.92 Å². The molecular formula is C22H22F3N. The van der Waals surface area contributed by atoms with Gasteiger partial charge in [0, 0.05) is 14.2 Å². The van der Waals surface area contributed by atoms with E-state index in [1.54, 1.807) is 42.5 Å². The molecule has 1 N–H and O–H groups in total. The first kappa shape index (κ1) is 11.4. The Hall–Kier alpha value is -2.33. The summed E-state index contributed by atoms with van der Waals surface area (Å²) in [5, 5.41) is 3.67. The van der Waals surface area contributed by atoms with Gasteiger partial charge in [-0.05, 0) is 54.1 Å². The molecule has 0 fully saturated rings. The summed E-state index contributed by atoms with van der Waals surface area (Å²) in [6, 6.07) is 13.3. The Balaban J connectivity index is 2.01. The van der Waals surface area contributed by atoms with Crippen LogP contribution in [-0.2, 0) is 12.5 Å². The van der Waals surface area contributed by atoms with Gasteiger partial charge >= 0.3 is 6.18 Å². The van der Waals surface area contributed by atoms with Gasteiger partial charge in [-0.3, -0.25) is 0 Å². The zero-order valence-electron chi connectivity index (χ0n) is 21.0. The van der Waals surface area contributed by atoms with Gasteiger partial charge in [-0.15, -0.1) is 0 Å². The second-order valence-electron chi connectivity index (χ2n) is 5.73. The van der Waals surface area contributed by atoms with Gasteiger partial charge < -0.3 is 5.32 Å². The van der Waals surface area contributed by atoms with Gasteiger partial charge in [-0.2, -0.15) is 13.2 Å². The molecule has 0 aliphatic rings. The molecule has 3 aromatic rings. The van der Waals surface area contributed by atoms with Crippen molar-refractivity contribution in [1.82, 2.24) is 5.32 Å². The molecule has 26 heavy (non-hydrogen) atoms. The molecule has 3 rings (SSSR count). The molecule has 0 aromatic heterocycles. The van der Waals surface area contributed by atoms with Crippen molar-refractivity contribution in [2.24, 2.45) is 0 Å². The lowest BCUT2D eigenvalue weighted by atomic mass is 9.99. The maximum Gasteiger partial charge on any atom is 0.416 e. The highest BCUT2D eigenvalue weighted by molar-refractivity contribution is 5.86. The third-order valence-electron chi connectivity index (χ3n) is 3.90. The minimum Gasteiger partial charge on any atom is -0.310 e. The van der Waals surface area contributed by atoms with E-state index in [4.69, 9.17) is 9.60 Å². The van der Waals surface area contributed by atoms with Crippen LogP contribution in [0.1, 0.15) is 45.6 Å². The first-order valence-electron chi connectivity index (χ1n) is 11.5. The van der Waals surface area contributed by atoms with Crippen LogP contribution in [0.4, 0.5) is 13.2 Å². The van der Waals surface area contributed by atoms with Crippen LogP contribution in [0.25, 0.3) is 10.8 Å². The van der Waals surface area contributed by atoms with E-state index in [0.717, 1.165) is 23.6 Å². The fourth-order valence-electron chi connectivity index (χ4n) is 2.62. The van der Waals surface area contributed by atoms with E-state index in [9.17, 15) is 13.2 Å². The van der Waals surface area contributed by atoms with Gasteiger partial charge in [-0.1, -0.05) is 60.7 Å². The minimum atomic E-state index is -4.77. The number of halogens is 3. The molecule has 136 valence electrons. The van der Waals surface area contributed by atoms with E-state index in [-0.39, 0.29) is 0 Å². The molecule has 0 saturated carbocycles. The van der Waals surface area contributed by atoms with Crippen molar-refractivity contribution in [3.05, 3.63) is 83.4 Å². The maximum atomic E-state index is 13.1. The third-order valence-corrected chi connectivity index (χ3v) is 3.90. The lowest BCUT2D eigenvalue weighted by Crippen LogP contribution is -2.20. The standard InChI is InChI=1S/C22H22F3N/c1-16(20-13-5-10-18-9-2-3-12-21(18)20)26-14-6-8-17-7-4-11-19(15-17)22(23,24)25/h2-5,7,9-13,15-16,26H,6,8,14H2,1H3/t16-/m1/s1/i6D2,8D2,14D2,16D. The minimum absolute atomic E-state index is 0.333. The number of nitrogens with one attached hydrogen (secondary N) is 1. The molecule has 0 bridgehead atoms. The molecule has 0 radical (unpaired) electrons. The molecule has 3 aromatic carbocycles. The SMILES string of the molecule is [2H]C([2H])(N[C@]([2H])(C)c1cccc2ccccc12)C([2H])([2H])C([2H])([2H])c1cccc(C(F)(F)F)c1. The maximum absolute atomic E-state index is 13.1. The summed E-state index contributed by atoms with van der Waals surface area (Å²) >= 11 is 0. The van der Waals surface area contributed by atoms with Crippen molar-refractivity contribution >= 4 is 10.8 Å². The van der Waals surface area contributed by atoms with E-state index in [1.807, 2.05) is 0 Å². The second kappa shape index (κ2) is 7.92. The Bertz CT molecular complexity index is 1150. The fourth-order valence-corrected chi connectivity index (χ4v) is 2.62. The molecule has 0 heterocycles. The molecule has 0 aliphatic heterocycles. The molecule has 4 heteroatoms. The lowest BCUT2D eigenvalue weighted by Gasteiger charge is -2.17. The van der Waals surface area contributed by atoms with E-state index in [2.05, 4.69) is 5.32 Å². The predicted molar refractivity (Wildman–Crippen MR) is 100 cm³/mol. The van der Waals surface area contributed by atoms with Gasteiger partial charge in [0.15, 0.2) is 0 Å². The highest BCUT2D eigenvalue weighted by Gasteiger charge is 2.30. The summed E-state index contributed by atoms with van der Waals surface area (Å²) in [5.41, 5.74) is -1.50. The van der Waals surface area contributed by atoms with Crippen LogP contribution in [0.3, 0.4) is 0 Å². The van der Waals surface area contributed by atoms with Gasteiger partial charge in [-0.25, -0.2) is 0 Å². The van der Waals surface area contributed by atoms with Gasteiger partial charge in [0.2, 0.25) is 0 Å². The molecular weight excluding hydrogens is 335 g/mol. The number of rotatable bonds is 6. The van der Waals surface area contributed by atoms with Crippen LogP contribution in [0, 0.1) is 0 Å². The average Bonchev–Trinajstić information content (AvgIpc) is 2.71. The van der Waals surface area contributed by atoms with Crippen LogP contribution in [0.15, 0.2) is 66.7 Å². The molecule has 1 nitrogen and oxygen atoms in total. The Morgan fingerprint density at radius 1 is 1.04 bits per heavy atom. The van der Waals surface area contributed by atoms with Gasteiger partial charge in [0.1, 0.15) is 0 Å². The molecule has 1 atom stereocenters. The van der Waals surface area contributed by atoms with Crippen molar-refractivity contribution in [2.45, 2.75) is 31.9 Å². The molecule has 0 saturated heterocycles. The fraction of sp³-hybridized carbons (Fsp3) is 0.273. The number of benzene rings is 3. The van der Waals surface area contributed by atoms with Crippen LogP contribution in [0.2, 0.25) is 0 Å². The van der Waals surface area contributed by atoms with Gasteiger partial charge in [0.25, 0.3) is 0 Å². The highest BCUT2D eigenvalue weighted by Crippen LogP contribution is 2.29. The number of fused-ring (bicyclic) bond motifs is 1. The summed E-state index contributed by atoms with van der Waals surface area (Å²) in [6.45, 7) is -1.85. The molecule has 0 spiro atoms. The summed E-state index contributed by atoms with van der Waals surface area (Å²) in [6.07, 6.45) is -11.3. The highest BCUT2D eigenvalue weighted by atomic mass is 19.4. The predicted octanol–water partition coefficient (Wildman–Crippen LogP) is 6.14. The topological polar surface area (TPSA) is 12.0 Å². The summed E-state index contributed by atoms with van der Waals surface area (Å²) in [4.78, 5) is 0. The Labute approximate surface area is 161 Å². The normalized spacial score (nSPS) is 19.9. The van der Waals surface area contributed by atoms with Crippen LogP contribution >= 0.6 is 0 Å². The largest absolute Gasteiger partial charge is 0.416 e. The Morgan fingerprint density at radius 3 is 2.58 bits per heavy atom.